The number of unbranched alkanes of at least 4 members (excludes halogenated alkanes) is 32. The van der Waals surface area contributed by atoms with Gasteiger partial charge in [0.05, 0.1) is 33.8 Å². The number of carbonyl (C=O) groups excluding carboxylic acids is 2. The Morgan fingerprint density at radius 3 is 1.36 bits per heavy atom. The number of allylic oxidation sites excluding steroid dienone is 9. The van der Waals surface area contributed by atoms with Crippen molar-refractivity contribution in [2.45, 2.75) is 283 Å². The van der Waals surface area contributed by atoms with Gasteiger partial charge in [-0.25, -0.2) is 0 Å². The first-order chi connectivity index (χ1) is 34.9. The summed E-state index contributed by atoms with van der Waals surface area (Å²) in [4.78, 5) is 39.9. The number of ether oxygens (including phenoxy) is 1. The van der Waals surface area contributed by atoms with Crippen LogP contribution >= 0.6 is 7.82 Å². The molecule has 0 radical (unpaired) electrons. The van der Waals surface area contributed by atoms with Crippen molar-refractivity contribution in [1.82, 2.24) is 5.32 Å². The van der Waals surface area contributed by atoms with Gasteiger partial charge in [-0.05, 0) is 76.7 Å². The summed E-state index contributed by atoms with van der Waals surface area (Å²) in [7, 11) is 1.17. The van der Waals surface area contributed by atoms with Crippen molar-refractivity contribution in [2.24, 2.45) is 0 Å². The number of esters is 1. The van der Waals surface area contributed by atoms with E-state index >= 15 is 0 Å². The first kappa shape index (κ1) is 69.7. The predicted molar refractivity (Wildman–Crippen MR) is 307 cm³/mol. The summed E-state index contributed by atoms with van der Waals surface area (Å²) in [5, 5.41) is 3.02. The van der Waals surface area contributed by atoms with E-state index in [0.29, 0.717) is 17.4 Å². The maximum atomic E-state index is 13.5. The molecule has 0 spiro atoms. The summed E-state index contributed by atoms with van der Waals surface area (Å²) in [5.74, 6) is -0.554. The van der Waals surface area contributed by atoms with Crippen LogP contribution in [-0.2, 0) is 27.9 Å². The molecule has 0 saturated carbocycles. The first-order valence-electron chi connectivity index (χ1n) is 30.1. The van der Waals surface area contributed by atoms with E-state index in [-0.39, 0.29) is 24.9 Å². The highest BCUT2D eigenvalue weighted by molar-refractivity contribution is 7.45. The molecule has 0 fully saturated rings. The fraction of sp³-hybridized carbons (Fsp3) is 0.806. The summed E-state index contributed by atoms with van der Waals surface area (Å²) in [5.41, 5.74) is 0. The number of nitrogens with one attached hydrogen (secondary N) is 1. The Morgan fingerprint density at radius 2 is 0.903 bits per heavy atom. The molecule has 0 heterocycles. The average Bonchev–Trinajstić information content (AvgIpc) is 3.34. The van der Waals surface area contributed by atoms with Crippen molar-refractivity contribution in [2.75, 3.05) is 40.9 Å². The van der Waals surface area contributed by atoms with Gasteiger partial charge in [0, 0.05) is 12.8 Å². The molecule has 10 heteroatoms. The molecule has 0 aliphatic carbocycles. The van der Waals surface area contributed by atoms with E-state index < -0.39 is 26.6 Å². The number of hydrogen-bond donors (Lipinski definition) is 1. The molecule has 3 unspecified atom stereocenters. The van der Waals surface area contributed by atoms with Crippen LogP contribution < -0.4 is 10.2 Å². The third-order valence-corrected chi connectivity index (χ3v) is 14.2. The van der Waals surface area contributed by atoms with Crippen molar-refractivity contribution < 1.29 is 37.3 Å². The van der Waals surface area contributed by atoms with Gasteiger partial charge in [-0.2, -0.15) is 0 Å². The van der Waals surface area contributed by atoms with Crippen LogP contribution in [0.25, 0.3) is 0 Å². The van der Waals surface area contributed by atoms with Gasteiger partial charge >= 0.3 is 5.97 Å². The lowest BCUT2D eigenvalue weighted by Gasteiger charge is -2.30. The molecular weight excluding hydrogens is 916 g/mol. The molecule has 3 atom stereocenters. The second-order valence-electron chi connectivity index (χ2n) is 21.5. The molecule has 72 heavy (non-hydrogen) atoms. The van der Waals surface area contributed by atoms with Gasteiger partial charge in [0.15, 0.2) is 0 Å². The molecule has 0 aromatic carbocycles. The topological polar surface area (TPSA) is 114 Å². The Labute approximate surface area is 445 Å². The Kier molecular flexibility index (Phi) is 50.5. The highest BCUT2D eigenvalue weighted by Gasteiger charge is 2.27. The number of nitrogens with zero attached hydrogens (tertiary/aromatic N) is 1. The summed E-state index contributed by atoms with van der Waals surface area (Å²) >= 11 is 0. The molecule has 1 N–H and O–H groups in total. The van der Waals surface area contributed by atoms with Gasteiger partial charge < -0.3 is 28.5 Å². The quantitative estimate of drug-likeness (QED) is 0.0161. The number of hydrogen-bond acceptors (Lipinski definition) is 7. The van der Waals surface area contributed by atoms with Crippen LogP contribution in [0.3, 0.4) is 0 Å². The third kappa shape index (κ3) is 52.6. The van der Waals surface area contributed by atoms with E-state index in [0.717, 1.165) is 77.0 Å². The number of likely N-dealkylation sites (N-methyl/N-ethyl adjacent to an activating group) is 1. The van der Waals surface area contributed by atoms with Gasteiger partial charge in [0.2, 0.25) is 5.91 Å². The SMILES string of the molecule is CC/C=C/C=C/C=C/CCCCCCCCCC(=O)NC(COP(=O)([O-])OCC[N+](C)(C)C)C(/C=C/CCCCCCCCCCCC)OC(=O)CCCCCCCCCCC/C=C/CCCCCCCC. The lowest BCUT2D eigenvalue weighted by molar-refractivity contribution is -0.870. The maximum absolute atomic E-state index is 13.5. The molecule has 420 valence electrons. The van der Waals surface area contributed by atoms with Crippen LogP contribution in [0, 0.1) is 0 Å². The van der Waals surface area contributed by atoms with Crippen molar-refractivity contribution in [3.63, 3.8) is 0 Å². The second kappa shape index (κ2) is 52.2. The zero-order valence-electron chi connectivity index (χ0n) is 47.9. The molecule has 0 aromatic heterocycles. The second-order valence-corrected chi connectivity index (χ2v) is 22.9. The zero-order chi connectivity index (χ0) is 52.9. The lowest BCUT2D eigenvalue weighted by Crippen LogP contribution is -2.47. The lowest BCUT2D eigenvalue weighted by atomic mass is 10.0. The van der Waals surface area contributed by atoms with Gasteiger partial charge in [-0.1, -0.05) is 242 Å². The predicted octanol–water partition coefficient (Wildman–Crippen LogP) is 17.6. The molecule has 0 saturated heterocycles. The van der Waals surface area contributed by atoms with Crippen molar-refractivity contribution >= 4 is 19.7 Å². The Bertz CT molecular complexity index is 1420. The number of phosphoric acid groups is 1. The molecule has 0 rings (SSSR count). The van der Waals surface area contributed by atoms with Gasteiger partial charge in [0.25, 0.3) is 7.82 Å². The van der Waals surface area contributed by atoms with Crippen molar-refractivity contribution in [3.8, 4) is 0 Å². The van der Waals surface area contributed by atoms with E-state index in [1.807, 2.05) is 33.3 Å². The molecule has 0 aliphatic heterocycles. The molecule has 0 aromatic rings. The van der Waals surface area contributed by atoms with Crippen molar-refractivity contribution in [3.05, 3.63) is 60.8 Å². The molecule has 9 nitrogen and oxygen atoms in total. The largest absolute Gasteiger partial charge is 0.756 e. The van der Waals surface area contributed by atoms with E-state index in [1.165, 1.54) is 161 Å². The van der Waals surface area contributed by atoms with Crippen LogP contribution in [0.1, 0.15) is 271 Å². The summed E-state index contributed by atoms with van der Waals surface area (Å²) < 4.78 is 30.3. The summed E-state index contributed by atoms with van der Waals surface area (Å²) in [6.07, 6.45) is 64.7. The Morgan fingerprint density at radius 1 is 0.500 bits per heavy atom. The van der Waals surface area contributed by atoms with Crippen LogP contribution in [0.5, 0.6) is 0 Å². The van der Waals surface area contributed by atoms with E-state index in [4.69, 9.17) is 13.8 Å². The third-order valence-electron chi connectivity index (χ3n) is 13.2. The van der Waals surface area contributed by atoms with Crippen LogP contribution in [0.15, 0.2) is 60.8 Å². The minimum Gasteiger partial charge on any atom is -0.756 e. The number of amides is 1. The normalized spacial score (nSPS) is 14.2. The minimum atomic E-state index is -4.70. The van der Waals surface area contributed by atoms with Gasteiger partial charge in [-0.3, -0.25) is 14.2 Å². The van der Waals surface area contributed by atoms with E-state index in [2.05, 4.69) is 74.7 Å². The van der Waals surface area contributed by atoms with Crippen molar-refractivity contribution in [1.29, 1.82) is 0 Å². The van der Waals surface area contributed by atoms with E-state index in [1.54, 1.807) is 0 Å². The van der Waals surface area contributed by atoms with E-state index in [9.17, 15) is 19.0 Å². The summed E-state index contributed by atoms with van der Waals surface area (Å²) in [6.45, 7) is 6.71. The smallest absolute Gasteiger partial charge is 0.306 e. The minimum absolute atomic E-state index is 0.0262. The van der Waals surface area contributed by atoms with Crippen LogP contribution in [0.4, 0.5) is 0 Å². The van der Waals surface area contributed by atoms with Gasteiger partial charge in [0.1, 0.15) is 19.3 Å². The standard InChI is InChI=1S/C62H115N2O7P/c1-7-10-13-16-19-22-25-28-30-31-32-33-35-37-40-43-46-49-52-55-62(66)71-60(53-50-47-44-41-38-27-24-21-18-15-12-9-3)59(58-70-72(67,68)69-57-56-64(4,5)6)63-61(65)54-51-48-45-42-39-36-34-29-26-23-20-17-14-11-8-2/h11,14,17,20,23,26,28,30,50,53,59-60H,7-10,12-13,15-16,18-19,21-22,24-25,27,29,31-49,51-52,54-58H2,1-6H3,(H-,63,65,67,68)/b14-11+,20-17+,26-23+,30-28+,53-50+. The summed E-state index contributed by atoms with van der Waals surface area (Å²) in [6, 6.07) is -0.895. The maximum Gasteiger partial charge on any atom is 0.306 e. The zero-order valence-corrected chi connectivity index (χ0v) is 48.8. The Balaban J connectivity index is 5.28. The fourth-order valence-corrected chi connectivity index (χ4v) is 9.30. The number of rotatable bonds is 54. The number of quaternary nitrogens is 1. The highest BCUT2D eigenvalue weighted by atomic mass is 31.2. The molecular formula is C62H115N2O7P. The van der Waals surface area contributed by atoms with Gasteiger partial charge in [-0.15, -0.1) is 0 Å². The molecule has 0 aliphatic rings. The highest BCUT2D eigenvalue weighted by Crippen LogP contribution is 2.38. The fourth-order valence-electron chi connectivity index (χ4n) is 8.58. The molecule has 0 bridgehead atoms. The van der Waals surface area contributed by atoms with Crippen LogP contribution in [-0.4, -0.2) is 69.4 Å². The number of phosphoric ester groups is 1. The molecule has 1 amide bonds. The number of carbonyl (C=O) groups is 2. The van der Waals surface area contributed by atoms with Crippen LogP contribution in [0.2, 0.25) is 0 Å². The monoisotopic (exact) mass is 1030 g/mol. The average molecular weight is 1030 g/mol. The first-order valence-corrected chi connectivity index (χ1v) is 31.6. The Hall–Kier alpha value is -2.29.